The average Bonchev–Trinajstić information content (AvgIpc) is 2.00. The smallest absolute Gasteiger partial charge is 0.392 e. The predicted molar refractivity (Wildman–Crippen MR) is 40.4 cm³/mol. The number of carbonyl (C=O) groups is 1. The molecule has 0 aliphatic carbocycles. The first kappa shape index (κ1) is 14.1. The summed E-state index contributed by atoms with van der Waals surface area (Å²) in [5.74, 6) is -4.03. The van der Waals surface area contributed by atoms with Crippen LogP contribution < -0.4 is 5.73 Å². The second-order valence-electron chi connectivity index (χ2n) is 3.07. The minimum atomic E-state index is -4.83. The normalized spacial score (nSPS) is 16.5. The van der Waals surface area contributed by atoms with Gasteiger partial charge >= 0.3 is 12.1 Å². The maximum absolute atomic E-state index is 12.1. The number of aliphatic carboxylic acids is 1. The Labute approximate surface area is 82.1 Å². The molecule has 2 atom stereocenters. The molecule has 15 heavy (non-hydrogen) atoms. The standard InChI is InChI=1S/C7H10F5NO2/c8-6(9)4(13)1-3(2-5(14)15)7(10,11)12/h3-4,6H,1-2,13H2,(H,14,15)/t3-,4-/m1/s1. The first-order valence-electron chi connectivity index (χ1n) is 3.96. The van der Waals surface area contributed by atoms with E-state index in [1.54, 1.807) is 0 Å². The summed E-state index contributed by atoms with van der Waals surface area (Å²) in [6.45, 7) is 0. The van der Waals surface area contributed by atoms with Gasteiger partial charge in [0.2, 0.25) is 0 Å². The summed E-state index contributed by atoms with van der Waals surface area (Å²) in [5, 5.41) is 8.17. The topological polar surface area (TPSA) is 63.3 Å². The second kappa shape index (κ2) is 5.24. The maximum Gasteiger partial charge on any atom is 0.392 e. The van der Waals surface area contributed by atoms with Gasteiger partial charge in [-0.05, 0) is 6.42 Å². The van der Waals surface area contributed by atoms with Crippen LogP contribution >= 0.6 is 0 Å². The summed E-state index contributed by atoms with van der Waals surface area (Å²) >= 11 is 0. The number of nitrogens with two attached hydrogens (primary N) is 1. The Morgan fingerprint density at radius 1 is 1.33 bits per heavy atom. The molecule has 0 unspecified atom stereocenters. The molecule has 0 saturated heterocycles. The molecule has 0 spiro atoms. The highest BCUT2D eigenvalue weighted by Gasteiger charge is 2.42. The lowest BCUT2D eigenvalue weighted by Gasteiger charge is -2.21. The van der Waals surface area contributed by atoms with Gasteiger partial charge in [-0.3, -0.25) is 4.79 Å². The van der Waals surface area contributed by atoms with E-state index in [-0.39, 0.29) is 0 Å². The molecule has 8 heteroatoms. The number of alkyl halides is 5. The molecule has 90 valence electrons. The molecule has 0 aromatic rings. The second-order valence-corrected chi connectivity index (χ2v) is 3.07. The summed E-state index contributed by atoms with van der Waals surface area (Å²) in [6.07, 6.45) is -10.3. The minimum Gasteiger partial charge on any atom is -0.481 e. The fourth-order valence-corrected chi connectivity index (χ4v) is 0.975. The van der Waals surface area contributed by atoms with E-state index < -0.39 is 43.4 Å². The van der Waals surface area contributed by atoms with E-state index in [4.69, 9.17) is 10.8 Å². The summed E-state index contributed by atoms with van der Waals surface area (Å²) in [7, 11) is 0. The number of hydrogen-bond donors (Lipinski definition) is 2. The van der Waals surface area contributed by atoms with Crippen molar-refractivity contribution >= 4 is 5.97 Å². The highest BCUT2D eigenvalue weighted by molar-refractivity contribution is 5.67. The third kappa shape index (κ3) is 5.50. The molecule has 0 aromatic heterocycles. The first-order chi connectivity index (χ1) is 6.64. The van der Waals surface area contributed by atoms with Crippen molar-refractivity contribution in [1.82, 2.24) is 0 Å². The van der Waals surface area contributed by atoms with Crippen LogP contribution in [0.15, 0.2) is 0 Å². The lowest BCUT2D eigenvalue weighted by molar-refractivity contribution is -0.186. The fourth-order valence-electron chi connectivity index (χ4n) is 0.975. The van der Waals surface area contributed by atoms with Crippen molar-refractivity contribution in [1.29, 1.82) is 0 Å². The van der Waals surface area contributed by atoms with Crippen LogP contribution in [0.1, 0.15) is 12.8 Å². The molecule has 0 heterocycles. The Balaban J connectivity index is 4.45. The van der Waals surface area contributed by atoms with Crippen LogP contribution in [0.3, 0.4) is 0 Å². The van der Waals surface area contributed by atoms with E-state index in [1.807, 2.05) is 0 Å². The van der Waals surface area contributed by atoms with Crippen molar-refractivity contribution in [3.8, 4) is 0 Å². The molecule has 3 N–H and O–H groups in total. The highest BCUT2D eigenvalue weighted by Crippen LogP contribution is 2.32. The Morgan fingerprint density at radius 3 is 2.07 bits per heavy atom. The zero-order valence-electron chi connectivity index (χ0n) is 7.47. The van der Waals surface area contributed by atoms with Gasteiger partial charge in [0, 0.05) is 0 Å². The number of rotatable bonds is 5. The Morgan fingerprint density at radius 2 is 1.80 bits per heavy atom. The van der Waals surface area contributed by atoms with Crippen LogP contribution in [0.25, 0.3) is 0 Å². The third-order valence-corrected chi connectivity index (χ3v) is 1.76. The van der Waals surface area contributed by atoms with Gasteiger partial charge in [-0.15, -0.1) is 0 Å². The van der Waals surface area contributed by atoms with E-state index >= 15 is 0 Å². The lowest BCUT2D eigenvalue weighted by atomic mass is 9.96. The number of carboxylic acid groups (broad SMARTS) is 1. The van der Waals surface area contributed by atoms with E-state index in [0.29, 0.717) is 0 Å². The van der Waals surface area contributed by atoms with Gasteiger partial charge < -0.3 is 10.8 Å². The van der Waals surface area contributed by atoms with Crippen molar-refractivity contribution in [2.45, 2.75) is 31.5 Å². The summed E-state index contributed by atoms with van der Waals surface area (Å²) < 4.78 is 60.2. The average molecular weight is 235 g/mol. The number of halogens is 5. The van der Waals surface area contributed by atoms with Crippen molar-refractivity contribution in [2.75, 3.05) is 0 Å². The van der Waals surface area contributed by atoms with E-state index in [9.17, 15) is 26.7 Å². The SMILES string of the molecule is N[C@H](C[C@H](CC(=O)O)C(F)(F)F)C(F)F. The molecule has 0 fully saturated rings. The van der Waals surface area contributed by atoms with Gasteiger partial charge in [0.05, 0.1) is 18.4 Å². The van der Waals surface area contributed by atoms with E-state index in [2.05, 4.69) is 0 Å². The fraction of sp³-hybridized carbons (Fsp3) is 0.857. The van der Waals surface area contributed by atoms with Gasteiger partial charge in [-0.2, -0.15) is 13.2 Å². The quantitative estimate of drug-likeness (QED) is 0.712. The predicted octanol–water partition coefficient (Wildman–Crippen LogP) is 1.62. The summed E-state index contributed by atoms with van der Waals surface area (Å²) in [4.78, 5) is 10.1. The molecule has 0 aromatic carbocycles. The van der Waals surface area contributed by atoms with Gasteiger partial charge in [0.15, 0.2) is 0 Å². The Hall–Kier alpha value is -0.920. The number of hydrogen-bond acceptors (Lipinski definition) is 2. The zero-order valence-corrected chi connectivity index (χ0v) is 7.47. The van der Waals surface area contributed by atoms with Gasteiger partial charge in [0.25, 0.3) is 6.43 Å². The van der Waals surface area contributed by atoms with Crippen molar-refractivity contribution < 1.29 is 31.9 Å². The van der Waals surface area contributed by atoms with Crippen LogP contribution in [0.4, 0.5) is 22.0 Å². The van der Waals surface area contributed by atoms with Gasteiger partial charge in [-0.1, -0.05) is 0 Å². The molecule has 0 aliphatic rings. The Kier molecular flexibility index (Phi) is 4.92. The van der Waals surface area contributed by atoms with Crippen LogP contribution in [-0.2, 0) is 4.79 Å². The van der Waals surface area contributed by atoms with Gasteiger partial charge in [0.1, 0.15) is 0 Å². The van der Waals surface area contributed by atoms with Crippen LogP contribution in [0.5, 0.6) is 0 Å². The molecule has 0 radical (unpaired) electrons. The van der Waals surface area contributed by atoms with E-state index in [1.165, 1.54) is 0 Å². The molecule has 0 bridgehead atoms. The zero-order chi connectivity index (χ0) is 12.2. The van der Waals surface area contributed by atoms with E-state index in [0.717, 1.165) is 0 Å². The molecule has 0 aliphatic heterocycles. The maximum atomic E-state index is 12.1. The van der Waals surface area contributed by atoms with Crippen LogP contribution in [0.2, 0.25) is 0 Å². The molecule has 3 nitrogen and oxygen atoms in total. The molecule has 0 saturated carbocycles. The monoisotopic (exact) mass is 235 g/mol. The minimum absolute atomic E-state index is 1.09. The third-order valence-electron chi connectivity index (χ3n) is 1.76. The van der Waals surface area contributed by atoms with Crippen molar-refractivity contribution in [3.05, 3.63) is 0 Å². The van der Waals surface area contributed by atoms with Crippen molar-refractivity contribution in [2.24, 2.45) is 11.7 Å². The molecule has 0 amide bonds. The van der Waals surface area contributed by atoms with Crippen molar-refractivity contribution in [3.63, 3.8) is 0 Å². The molecular weight excluding hydrogens is 225 g/mol. The lowest BCUT2D eigenvalue weighted by Crippen LogP contribution is -2.36. The Bertz CT molecular complexity index is 218. The van der Waals surface area contributed by atoms with Gasteiger partial charge in [-0.25, -0.2) is 8.78 Å². The van der Waals surface area contributed by atoms with Crippen LogP contribution in [-0.4, -0.2) is 29.7 Å². The van der Waals surface area contributed by atoms with Crippen LogP contribution in [0, 0.1) is 5.92 Å². The largest absolute Gasteiger partial charge is 0.481 e. The molecule has 0 rings (SSSR count). The first-order valence-corrected chi connectivity index (χ1v) is 3.96. The summed E-state index contributed by atoms with van der Waals surface area (Å²) in [6, 6.07) is -1.96. The number of carboxylic acids is 1. The summed E-state index contributed by atoms with van der Waals surface area (Å²) in [5.41, 5.74) is 4.75. The highest BCUT2D eigenvalue weighted by atomic mass is 19.4. The molecular formula is C7H10F5NO2.